The van der Waals surface area contributed by atoms with Crippen molar-refractivity contribution in [2.24, 2.45) is 0 Å². The molecule has 0 aromatic heterocycles. The first-order valence-corrected chi connectivity index (χ1v) is 3.99. The summed E-state index contributed by atoms with van der Waals surface area (Å²) in [6.07, 6.45) is -0.0197. The maximum absolute atomic E-state index is 10.1. The largest absolute Gasteiger partial charge is 0.388 e. The van der Waals surface area contributed by atoms with E-state index in [0.29, 0.717) is 16.9 Å². The van der Waals surface area contributed by atoms with E-state index in [9.17, 15) is 9.90 Å². The quantitative estimate of drug-likeness (QED) is 0.730. The van der Waals surface area contributed by atoms with Crippen LogP contribution in [0.25, 0.3) is 0 Å². The van der Waals surface area contributed by atoms with Gasteiger partial charge in [0, 0.05) is 11.4 Å². The molecule has 0 aliphatic carbocycles. The van der Waals surface area contributed by atoms with Crippen molar-refractivity contribution in [3.05, 3.63) is 34.9 Å². The molecular weight excluding hydrogens is 176 g/mol. The van der Waals surface area contributed by atoms with Gasteiger partial charge in [-0.15, -0.1) is 0 Å². The Balaban J connectivity index is 2.86. The van der Waals surface area contributed by atoms with Crippen LogP contribution in [0.4, 0.5) is 0 Å². The van der Waals surface area contributed by atoms with E-state index < -0.39 is 6.10 Å². The molecule has 0 amide bonds. The molecule has 0 aliphatic heterocycles. The molecule has 2 nitrogen and oxygen atoms in total. The maximum atomic E-state index is 10.1. The molecule has 1 unspecified atom stereocenters. The highest BCUT2D eigenvalue weighted by atomic mass is 35.5. The fraction of sp³-hybridized carbons (Fsp3) is 0.222. The molecule has 1 rings (SSSR count). The van der Waals surface area contributed by atoms with Gasteiger partial charge in [-0.1, -0.05) is 29.8 Å². The zero-order valence-corrected chi connectivity index (χ0v) is 7.16. The van der Waals surface area contributed by atoms with Crippen molar-refractivity contribution in [3.8, 4) is 0 Å². The Labute approximate surface area is 75.8 Å². The summed E-state index contributed by atoms with van der Waals surface area (Å²) >= 11 is 5.78. The summed E-state index contributed by atoms with van der Waals surface area (Å²) in [6, 6.07) is 6.94. The number of aliphatic hydroxyl groups is 1. The number of rotatable bonds is 3. The molecule has 12 heavy (non-hydrogen) atoms. The van der Waals surface area contributed by atoms with Gasteiger partial charge >= 0.3 is 0 Å². The van der Waals surface area contributed by atoms with E-state index >= 15 is 0 Å². The Hall–Kier alpha value is -0.860. The summed E-state index contributed by atoms with van der Waals surface area (Å²) in [7, 11) is 0. The molecule has 0 spiro atoms. The van der Waals surface area contributed by atoms with Crippen LogP contribution in [0.2, 0.25) is 5.02 Å². The minimum atomic E-state index is -0.781. The highest BCUT2D eigenvalue weighted by Crippen LogP contribution is 2.23. The number of aldehydes is 1. The zero-order chi connectivity index (χ0) is 8.97. The molecule has 0 aliphatic rings. The van der Waals surface area contributed by atoms with Crippen molar-refractivity contribution >= 4 is 17.9 Å². The third kappa shape index (κ3) is 2.06. The monoisotopic (exact) mass is 184 g/mol. The lowest BCUT2D eigenvalue weighted by Crippen LogP contribution is -1.98. The number of hydrogen-bond acceptors (Lipinski definition) is 2. The highest BCUT2D eigenvalue weighted by Gasteiger charge is 2.09. The molecule has 0 heterocycles. The van der Waals surface area contributed by atoms with Gasteiger partial charge < -0.3 is 9.90 Å². The lowest BCUT2D eigenvalue weighted by Gasteiger charge is -2.08. The minimum Gasteiger partial charge on any atom is -0.388 e. The Morgan fingerprint density at radius 2 is 2.17 bits per heavy atom. The van der Waals surface area contributed by atoms with E-state index in [1.54, 1.807) is 24.3 Å². The van der Waals surface area contributed by atoms with Gasteiger partial charge in [0.25, 0.3) is 0 Å². The predicted molar refractivity (Wildman–Crippen MR) is 47.1 cm³/mol. The number of carbonyl (C=O) groups is 1. The van der Waals surface area contributed by atoms with Gasteiger partial charge in [-0.05, 0) is 11.6 Å². The van der Waals surface area contributed by atoms with Crippen LogP contribution in [-0.2, 0) is 4.79 Å². The van der Waals surface area contributed by atoms with Crippen molar-refractivity contribution in [1.82, 2.24) is 0 Å². The zero-order valence-electron chi connectivity index (χ0n) is 6.40. The molecular formula is C9H9ClO2. The average Bonchev–Trinajstić information content (AvgIpc) is 2.05. The standard InChI is InChI=1S/C9H9ClO2/c10-8-4-2-1-3-7(8)9(12)5-6-11/h1-4,6,9,12H,5H2. The van der Waals surface area contributed by atoms with Gasteiger partial charge in [-0.3, -0.25) is 0 Å². The Morgan fingerprint density at radius 1 is 1.50 bits per heavy atom. The van der Waals surface area contributed by atoms with Crippen LogP contribution in [0, 0.1) is 0 Å². The summed E-state index contributed by atoms with van der Waals surface area (Å²) in [5.74, 6) is 0. The van der Waals surface area contributed by atoms with Crippen LogP contribution in [-0.4, -0.2) is 11.4 Å². The van der Waals surface area contributed by atoms with Gasteiger partial charge in [0.2, 0.25) is 0 Å². The second-order valence-corrected chi connectivity index (χ2v) is 2.85. The molecule has 64 valence electrons. The molecule has 0 bridgehead atoms. The van der Waals surface area contributed by atoms with E-state index in [2.05, 4.69) is 0 Å². The number of halogens is 1. The minimum absolute atomic E-state index is 0.0870. The number of carbonyl (C=O) groups excluding carboxylic acids is 1. The van der Waals surface area contributed by atoms with Crippen molar-refractivity contribution in [1.29, 1.82) is 0 Å². The second kappa shape index (κ2) is 4.24. The van der Waals surface area contributed by atoms with E-state index in [1.165, 1.54) is 0 Å². The van der Waals surface area contributed by atoms with Gasteiger partial charge in [0.15, 0.2) is 0 Å². The van der Waals surface area contributed by atoms with Crippen molar-refractivity contribution < 1.29 is 9.90 Å². The van der Waals surface area contributed by atoms with Crippen LogP contribution >= 0.6 is 11.6 Å². The fourth-order valence-electron chi connectivity index (χ4n) is 0.963. The van der Waals surface area contributed by atoms with Gasteiger partial charge in [-0.2, -0.15) is 0 Å². The van der Waals surface area contributed by atoms with Gasteiger partial charge in [-0.25, -0.2) is 0 Å². The predicted octanol–water partition coefficient (Wildman–Crippen LogP) is 1.96. The number of hydrogen-bond donors (Lipinski definition) is 1. The van der Waals surface area contributed by atoms with E-state index in [1.807, 2.05) is 0 Å². The summed E-state index contributed by atoms with van der Waals surface area (Å²) in [5.41, 5.74) is 0.603. The maximum Gasteiger partial charge on any atom is 0.122 e. The third-order valence-electron chi connectivity index (χ3n) is 1.58. The second-order valence-electron chi connectivity index (χ2n) is 2.44. The molecule has 3 heteroatoms. The molecule has 0 saturated carbocycles. The molecule has 1 aromatic rings. The van der Waals surface area contributed by atoms with Crippen molar-refractivity contribution in [2.75, 3.05) is 0 Å². The molecule has 1 aromatic carbocycles. The van der Waals surface area contributed by atoms with Crippen LogP contribution in [0.3, 0.4) is 0 Å². The number of aliphatic hydroxyl groups excluding tert-OH is 1. The third-order valence-corrected chi connectivity index (χ3v) is 1.93. The first kappa shape index (κ1) is 9.23. The Kier molecular flexibility index (Phi) is 3.26. The average molecular weight is 185 g/mol. The van der Waals surface area contributed by atoms with Crippen LogP contribution in [0.5, 0.6) is 0 Å². The molecule has 1 atom stereocenters. The van der Waals surface area contributed by atoms with Crippen molar-refractivity contribution in [3.63, 3.8) is 0 Å². The van der Waals surface area contributed by atoms with Crippen molar-refractivity contribution in [2.45, 2.75) is 12.5 Å². The summed E-state index contributed by atoms with van der Waals surface area (Å²) in [5, 5.41) is 9.88. The molecule has 0 fully saturated rings. The lowest BCUT2D eigenvalue weighted by atomic mass is 10.1. The van der Waals surface area contributed by atoms with Gasteiger partial charge in [0.1, 0.15) is 6.29 Å². The number of benzene rings is 1. The van der Waals surface area contributed by atoms with Crippen LogP contribution in [0.15, 0.2) is 24.3 Å². The topological polar surface area (TPSA) is 37.3 Å². The highest BCUT2D eigenvalue weighted by molar-refractivity contribution is 6.31. The summed E-state index contributed by atoms with van der Waals surface area (Å²) in [4.78, 5) is 10.1. The summed E-state index contributed by atoms with van der Waals surface area (Å²) < 4.78 is 0. The first-order valence-electron chi connectivity index (χ1n) is 3.62. The van der Waals surface area contributed by atoms with E-state index in [0.717, 1.165) is 0 Å². The normalized spacial score (nSPS) is 12.5. The first-order chi connectivity index (χ1) is 5.75. The van der Waals surface area contributed by atoms with Gasteiger partial charge in [0.05, 0.1) is 6.10 Å². The van der Waals surface area contributed by atoms with E-state index in [4.69, 9.17) is 11.6 Å². The fourth-order valence-corrected chi connectivity index (χ4v) is 1.23. The van der Waals surface area contributed by atoms with E-state index in [-0.39, 0.29) is 6.42 Å². The van der Waals surface area contributed by atoms with Crippen LogP contribution in [0.1, 0.15) is 18.1 Å². The smallest absolute Gasteiger partial charge is 0.122 e. The Morgan fingerprint density at radius 3 is 2.75 bits per heavy atom. The Bertz CT molecular complexity index is 273. The molecule has 0 saturated heterocycles. The SMILES string of the molecule is O=CCC(O)c1ccccc1Cl. The molecule has 1 N–H and O–H groups in total. The summed E-state index contributed by atoms with van der Waals surface area (Å²) in [6.45, 7) is 0. The molecule has 0 radical (unpaired) electrons. The lowest BCUT2D eigenvalue weighted by molar-refractivity contribution is -0.109. The van der Waals surface area contributed by atoms with Crippen LogP contribution < -0.4 is 0 Å².